The van der Waals surface area contributed by atoms with Crippen LogP contribution in [0.3, 0.4) is 0 Å². The largest absolute Gasteiger partial charge is 0.499 e. The molecule has 0 saturated carbocycles. The molecular formula is C20H28O5. The van der Waals surface area contributed by atoms with Crippen LogP contribution in [0.15, 0.2) is 30.5 Å². The summed E-state index contributed by atoms with van der Waals surface area (Å²) in [4.78, 5) is 23.6. The van der Waals surface area contributed by atoms with E-state index in [1.165, 1.54) is 6.92 Å². The summed E-state index contributed by atoms with van der Waals surface area (Å²) in [6, 6.07) is 5.42. The van der Waals surface area contributed by atoms with Gasteiger partial charge in [0.05, 0.1) is 17.9 Å². The zero-order chi connectivity index (χ0) is 19.0. The van der Waals surface area contributed by atoms with E-state index in [1.807, 2.05) is 39.8 Å². The van der Waals surface area contributed by atoms with Crippen LogP contribution < -0.4 is 0 Å². The van der Waals surface area contributed by atoms with Gasteiger partial charge in [-0.05, 0) is 51.3 Å². The van der Waals surface area contributed by atoms with Crippen molar-refractivity contribution < 1.29 is 23.8 Å². The number of hydrogen-bond acceptors (Lipinski definition) is 5. The first-order chi connectivity index (χ1) is 11.6. The van der Waals surface area contributed by atoms with Crippen LogP contribution in [0.2, 0.25) is 0 Å². The molecule has 0 aliphatic carbocycles. The third-order valence-electron chi connectivity index (χ3n) is 3.26. The number of carbonyl (C=O) groups is 2. The summed E-state index contributed by atoms with van der Waals surface area (Å²) in [6.45, 7) is 13.3. The molecule has 0 aliphatic rings. The number of allylic oxidation sites excluding steroid dienone is 1. The Bertz CT molecular complexity index is 625. The molecule has 0 radical (unpaired) electrons. The van der Waals surface area contributed by atoms with E-state index in [-0.39, 0.29) is 12.6 Å². The number of ether oxygens (including phenoxy) is 3. The highest BCUT2D eigenvalue weighted by molar-refractivity contribution is 5.91. The van der Waals surface area contributed by atoms with Gasteiger partial charge in [0, 0.05) is 13.3 Å². The number of rotatable bonds is 8. The molecule has 25 heavy (non-hydrogen) atoms. The van der Waals surface area contributed by atoms with Gasteiger partial charge in [0.2, 0.25) is 0 Å². The zero-order valence-electron chi connectivity index (χ0n) is 15.8. The maximum Gasteiger partial charge on any atom is 0.338 e. The molecule has 0 saturated heterocycles. The molecule has 5 nitrogen and oxygen atoms in total. The lowest BCUT2D eigenvalue weighted by atomic mass is 9.99. The van der Waals surface area contributed by atoms with E-state index in [0.29, 0.717) is 30.8 Å². The Morgan fingerprint density at radius 3 is 2.40 bits per heavy atom. The van der Waals surface area contributed by atoms with Gasteiger partial charge in [-0.3, -0.25) is 4.79 Å². The molecule has 0 aliphatic heterocycles. The van der Waals surface area contributed by atoms with Gasteiger partial charge in [0.1, 0.15) is 12.2 Å². The molecule has 0 bridgehead atoms. The van der Waals surface area contributed by atoms with Gasteiger partial charge in [-0.2, -0.15) is 0 Å². The minimum absolute atomic E-state index is 0.122. The number of carbonyl (C=O) groups excluding carboxylic acids is 2. The molecule has 0 fully saturated rings. The van der Waals surface area contributed by atoms with Crippen LogP contribution in [-0.2, 0) is 32.0 Å². The van der Waals surface area contributed by atoms with E-state index in [0.717, 1.165) is 11.1 Å². The van der Waals surface area contributed by atoms with Crippen molar-refractivity contribution in [3.63, 3.8) is 0 Å². The Kier molecular flexibility index (Phi) is 7.68. The number of esters is 2. The number of aryl methyl sites for hydroxylation is 1. The Morgan fingerprint density at radius 1 is 1.16 bits per heavy atom. The monoisotopic (exact) mass is 348 g/mol. The second kappa shape index (κ2) is 9.25. The van der Waals surface area contributed by atoms with E-state index >= 15 is 0 Å². The third kappa shape index (κ3) is 7.88. The highest BCUT2D eigenvalue weighted by Gasteiger charge is 2.21. The molecule has 1 aromatic rings. The summed E-state index contributed by atoms with van der Waals surface area (Å²) >= 11 is 0. The number of hydrogen-bond donors (Lipinski definition) is 0. The van der Waals surface area contributed by atoms with Crippen molar-refractivity contribution >= 4 is 11.9 Å². The molecule has 5 heteroatoms. The van der Waals surface area contributed by atoms with E-state index < -0.39 is 11.6 Å². The van der Waals surface area contributed by atoms with Gasteiger partial charge < -0.3 is 14.2 Å². The van der Waals surface area contributed by atoms with Crippen LogP contribution in [0.25, 0.3) is 0 Å². The van der Waals surface area contributed by atoms with E-state index in [4.69, 9.17) is 14.2 Å². The fraction of sp³-hybridized carbons (Fsp3) is 0.500. The third-order valence-corrected chi connectivity index (χ3v) is 3.26. The molecule has 0 heterocycles. The maximum atomic E-state index is 12.6. The van der Waals surface area contributed by atoms with Crippen molar-refractivity contribution in [1.82, 2.24) is 0 Å². The molecule has 0 N–H and O–H groups in total. The summed E-state index contributed by atoms with van der Waals surface area (Å²) < 4.78 is 15.9. The van der Waals surface area contributed by atoms with E-state index in [9.17, 15) is 9.59 Å². The molecule has 0 amide bonds. The first-order valence-electron chi connectivity index (χ1n) is 8.41. The Balaban J connectivity index is 3.02. The molecular weight excluding hydrogens is 320 g/mol. The molecule has 0 aromatic heterocycles. The second-order valence-electron chi connectivity index (χ2n) is 6.75. The highest BCUT2D eigenvalue weighted by Crippen LogP contribution is 2.20. The van der Waals surface area contributed by atoms with Gasteiger partial charge in [-0.15, -0.1) is 0 Å². The first kappa shape index (κ1) is 20.7. The molecule has 1 rings (SSSR count). The fourth-order valence-corrected chi connectivity index (χ4v) is 2.19. The smallest absolute Gasteiger partial charge is 0.338 e. The van der Waals surface area contributed by atoms with Crippen LogP contribution in [0.5, 0.6) is 0 Å². The molecule has 138 valence electrons. The maximum absolute atomic E-state index is 12.6. The van der Waals surface area contributed by atoms with Crippen molar-refractivity contribution in [3.8, 4) is 0 Å². The van der Waals surface area contributed by atoms with E-state index in [1.54, 1.807) is 6.07 Å². The standard InChI is InChI=1S/C20H28O5/c1-7-23-14(2)8-10-17-11-9-16(13-24-15(3)21)12-18(17)19(22)25-20(4,5)6/h9,11-12H,2,7-8,10,13H2,1,3-6H3. The van der Waals surface area contributed by atoms with Crippen LogP contribution in [-0.4, -0.2) is 24.1 Å². The van der Waals surface area contributed by atoms with Crippen molar-refractivity contribution in [2.45, 2.75) is 59.7 Å². The van der Waals surface area contributed by atoms with E-state index in [2.05, 4.69) is 6.58 Å². The van der Waals surface area contributed by atoms with Crippen molar-refractivity contribution in [2.75, 3.05) is 6.61 Å². The summed E-state index contributed by atoms with van der Waals surface area (Å²) in [5.74, 6) is -0.0771. The summed E-state index contributed by atoms with van der Waals surface area (Å²) in [5, 5.41) is 0. The van der Waals surface area contributed by atoms with Crippen molar-refractivity contribution in [2.24, 2.45) is 0 Å². The highest BCUT2D eigenvalue weighted by atomic mass is 16.6. The van der Waals surface area contributed by atoms with Crippen molar-refractivity contribution in [1.29, 1.82) is 0 Å². The normalized spacial score (nSPS) is 10.9. The first-order valence-corrected chi connectivity index (χ1v) is 8.41. The average molecular weight is 348 g/mol. The average Bonchev–Trinajstić information content (AvgIpc) is 2.49. The van der Waals surface area contributed by atoms with Gasteiger partial charge in [-0.1, -0.05) is 18.7 Å². The van der Waals surface area contributed by atoms with Crippen LogP contribution in [0, 0.1) is 0 Å². The van der Waals surface area contributed by atoms with Crippen molar-refractivity contribution in [3.05, 3.63) is 47.2 Å². The topological polar surface area (TPSA) is 61.8 Å². The van der Waals surface area contributed by atoms with Gasteiger partial charge in [-0.25, -0.2) is 4.79 Å². The van der Waals surface area contributed by atoms with Crippen LogP contribution >= 0.6 is 0 Å². The molecule has 0 unspecified atom stereocenters. The Hall–Kier alpha value is -2.30. The molecule has 0 spiro atoms. The number of benzene rings is 1. The van der Waals surface area contributed by atoms with Gasteiger partial charge in [0.25, 0.3) is 0 Å². The minimum Gasteiger partial charge on any atom is -0.499 e. The quantitative estimate of drug-likeness (QED) is 0.521. The van der Waals surface area contributed by atoms with Crippen LogP contribution in [0.1, 0.15) is 62.5 Å². The minimum atomic E-state index is -0.588. The molecule has 0 atom stereocenters. The SMILES string of the molecule is C=C(CCc1ccc(COC(C)=O)cc1C(=O)OC(C)(C)C)OCC. The second-order valence-corrected chi connectivity index (χ2v) is 6.75. The Labute approximate surface area is 150 Å². The predicted molar refractivity (Wildman–Crippen MR) is 96.2 cm³/mol. The van der Waals surface area contributed by atoms with Gasteiger partial charge in [0.15, 0.2) is 0 Å². The fourth-order valence-electron chi connectivity index (χ4n) is 2.19. The van der Waals surface area contributed by atoms with Gasteiger partial charge >= 0.3 is 11.9 Å². The summed E-state index contributed by atoms with van der Waals surface area (Å²) in [6.07, 6.45) is 1.23. The lowest BCUT2D eigenvalue weighted by Gasteiger charge is -2.21. The lowest BCUT2D eigenvalue weighted by molar-refractivity contribution is -0.142. The summed E-state index contributed by atoms with van der Waals surface area (Å²) in [7, 11) is 0. The zero-order valence-corrected chi connectivity index (χ0v) is 15.8. The lowest BCUT2D eigenvalue weighted by Crippen LogP contribution is -2.24. The Morgan fingerprint density at radius 2 is 1.84 bits per heavy atom. The summed E-state index contributed by atoms with van der Waals surface area (Å²) in [5.41, 5.74) is 1.48. The van der Waals surface area contributed by atoms with Crippen LogP contribution in [0.4, 0.5) is 0 Å². The predicted octanol–water partition coefficient (Wildman–Crippen LogP) is 4.19. The molecule has 1 aromatic carbocycles.